The minimum Gasteiger partial charge on any atom is -0.311 e. The highest BCUT2D eigenvalue weighted by Gasteiger charge is 2.00. The van der Waals surface area contributed by atoms with E-state index in [0.717, 1.165) is 12.6 Å². The highest BCUT2D eigenvalue weighted by Crippen LogP contribution is 1.89. The number of carbonyl (C=O) groups excluding carboxylic acids is 2. The second kappa shape index (κ2) is 5.44. The molecule has 0 amide bonds. The van der Waals surface area contributed by atoms with Crippen LogP contribution in [-0.2, 0) is 9.59 Å². The van der Waals surface area contributed by atoms with Crippen molar-refractivity contribution in [2.24, 2.45) is 0 Å². The summed E-state index contributed by atoms with van der Waals surface area (Å²) >= 11 is 0. The van der Waals surface area contributed by atoms with Crippen LogP contribution in [0.2, 0.25) is 0 Å². The molecule has 0 bridgehead atoms. The largest absolute Gasteiger partial charge is 0.311 e. The second-order valence-electron chi connectivity index (χ2n) is 1.78. The maximum absolute atomic E-state index is 10.1. The predicted octanol–water partition coefficient (Wildman–Crippen LogP) is -0.248. The third kappa shape index (κ3) is 3.85. The monoisotopic (exact) mass is 129 g/mol. The van der Waals surface area contributed by atoms with Gasteiger partial charge in [-0.25, -0.2) is 0 Å². The number of carbonyl (C=O) groups is 2. The molecule has 3 heteroatoms. The van der Waals surface area contributed by atoms with E-state index in [0.29, 0.717) is 12.8 Å². The van der Waals surface area contributed by atoms with E-state index in [4.69, 9.17) is 0 Å². The zero-order valence-electron chi connectivity index (χ0n) is 5.46. The van der Waals surface area contributed by atoms with Gasteiger partial charge in [-0.05, 0) is 13.5 Å². The Morgan fingerprint density at radius 2 is 2.22 bits per heavy atom. The standard InChI is InChI=1S/C6H11NO2/c1-7-6(5-9)3-2-4-8/h4-7H,2-3H2,1H3/t6-/m0/s1. The Bertz CT molecular complexity index is 93.1. The lowest BCUT2D eigenvalue weighted by molar-refractivity contribution is -0.110. The van der Waals surface area contributed by atoms with Crippen molar-refractivity contribution in [2.75, 3.05) is 7.05 Å². The third-order valence-electron chi connectivity index (χ3n) is 1.13. The van der Waals surface area contributed by atoms with Crippen molar-refractivity contribution in [3.8, 4) is 0 Å². The summed E-state index contributed by atoms with van der Waals surface area (Å²) in [4.78, 5) is 19.9. The van der Waals surface area contributed by atoms with Crippen LogP contribution in [0, 0.1) is 0 Å². The quantitative estimate of drug-likeness (QED) is 0.521. The molecule has 0 saturated heterocycles. The molecular formula is C6H11NO2. The van der Waals surface area contributed by atoms with Crippen LogP contribution in [0.15, 0.2) is 0 Å². The van der Waals surface area contributed by atoms with E-state index in [9.17, 15) is 9.59 Å². The van der Waals surface area contributed by atoms with Crippen LogP contribution in [0.25, 0.3) is 0 Å². The van der Waals surface area contributed by atoms with Crippen LogP contribution in [-0.4, -0.2) is 25.7 Å². The van der Waals surface area contributed by atoms with Crippen LogP contribution in [0.5, 0.6) is 0 Å². The lowest BCUT2D eigenvalue weighted by Gasteiger charge is -2.03. The van der Waals surface area contributed by atoms with Crippen molar-refractivity contribution in [1.82, 2.24) is 5.32 Å². The van der Waals surface area contributed by atoms with E-state index in [-0.39, 0.29) is 6.04 Å². The molecule has 52 valence electrons. The smallest absolute Gasteiger partial charge is 0.136 e. The fourth-order valence-corrected chi connectivity index (χ4v) is 0.528. The SMILES string of the molecule is CN[C@H](C=O)CCC=O. The summed E-state index contributed by atoms with van der Waals surface area (Å²) in [6.07, 6.45) is 2.67. The topological polar surface area (TPSA) is 46.2 Å². The Morgan fingerprint density at radius 1 is 1.56 bits per heavy atom. The molecule has 0 heterocycles. The van der Waals surface area contributed by atoms with E-state index in [1.165, 1.54) is 0 Å². The number of aldehydes is 2. The van der Waals surface area contributed by atoms with Crippen LogP contribution in [0.1, 0.15) is 12.8 Å². The lowest BCUT2D eigenvalue weighted by atomic mass is 10.2. The van der Waals surface area contributed by atoms with Crippen molar-refractivity contribution in [3.63, 3.8) is 0 Å². The highest BCUT2D eigenvalue weighted by molar-refractivity contribution is 5.59. The van der Waals surface area contributed by atoms with Crippen molar-refractivity contribution in [2.45, 2.75) is 18.9 Å². The molecule has 0 unspecified atom stereocenters. The molecule has 9 heavy (non-hydrogen) atoms. The van der Waals surface area contributed by atoms with E-state index >= 15 is 0 Å². The van der Waals surface area contributed by atoms with E-state index in [1.807, 2.05) is 0 Å². The molecule has 0 fully saturated rings. The van der Waals surface area contributed by atoms with Gasteiger partial charge >= 0.3 is 0 Å². The van der Waals surface area contributed by atoms with Gasteiger partial charge in [-0.2, -0.15) is 0 Å². The van der Waals surface area contributed by atoms with E-state index in [2.05, 4.69) is 5.32 Å². The molecule has 0 aliphatic carbocycles. The van der Waals surface area contributed by atoms with Gasteiger partial charge in [-0.15, -0.1) is 0 Å². The van der Waals surface area contributed by atoms with Gasteiger partial charge in [0.2, 0.25) is 0 Å². The summed E-state index contributed by atoms with van der Waals surface area (Å²) in [6, 6.07) is -0.157. The Balaban J connectivity index is 3.30. The van der Waals surface area contributed by atoms with Gasteiger partial charge in [-0.3, -0.25) is 0 Å². The molecular weight excluding hydrogens is 118 g/mol. The third-order valence-corrected chi connectivity index (χ3v) is 1.13. The number of hydrogen-bond donors (Lipinski definition) is 1. The first-order valence-electron chi connectivity index (χ1n) is 2.91. The summed E-state index contributed by atoms with van der Waals surface area (Å²) in [5.74, 6) is 0. The first-order valence-corrected chi connectivity index (χ1v) is 2.91. The molecule has 0 rings (SSSR count). The van der Waals surface area contributed by atoms with Gasteiger partial charge in [0.1, 0.15) is 12.6 Å². The first-order chi connectivity index (χ1) is 4.35. The van der Waals surface area contributed by atoms with Gasteiger partial charge in [0.25, 0.3) is 0 Å². The summed E-state index contributed by atoms with van der Waals surface area (Å²) in [5.41, 5.74) is 0. The minimum atomic E-state index is -0.157. The average molecular weight is 129 g/mol. The van der Waals surface area contributed by atoms with E-state index in [1.54, 1.807) is 7.05 Å². The van der Waals surface area contributed by atoms with Crippen LogP contribution in [0.3, 0.4) is 0 Å². The van der Waals surface area contributed by atoms with Crippen LogP contribution in [0.4, 0.5) is 0 Å². The summed E-state index contributed by atoms with van der Waals surface area (Å²) in [6.45, 7) is 0. The first kappa shape index (κ1) is 8.30. The Labute approximate surface area is 54.4 Å². The highest BCUT2D eigenvalue weighted by atomic mass is 16.1. The number of nitrogens with one attached hydrogen (secondary N) is 1. The van der Waals surface area contributed by atoms with Gasteiger partial charge in [-0.1, -0.05) is 0 Å². The fraction of sp³-hybridized carbons (Fsp3) is 0.667. The Kier molecular flexibility index (Phi) is 5.01. The molecule has 0 aromatic carbocycles. The molecule has 0 aliphatic heterocycles. The molecule has 3 nitrogen and oxygen atoms in total. The summed E-state index contributed by atoms with van der Waals surface area (Å²) in [5, 5.41) is 2.76. The van der Waals surface area contributed by atoms with Gasteiger partial charge in [0.05, 0.1) is 6.04 Å². The van der Waals surface area contributed by atoms with Gasteiger partial charge in [0.15, 0.2) is 0 Å². The van der Waals surface area contributed by atoms with Gasteiger partial charge < -0.3 is 14.9 Å². The maximum atomic E-state index is 10.1. The number of likely N-dealkylation sites (N-methyl/N-ethyl adjacent to an activating group) is 1. The zero-order valence-corrected chi connectivity index (χ0v) is 5.46. The number of rotatable bonds is 5. The molecule has 0 saturated carbocycles. The zero-order chi connectivity index (χ0) is 7.11. The molecule has 0 radical (unpaired) electrons. The molecule has 1 atom stereocenters. The summed E-state index contributed by atoms with van der Waals surface area (Å²) in [7, 11) is 1.70. The molecule has 1 N–H and O–H groups in total. The van der Waals surface area contributed by atoms with Crippen molar-refractivity contribution in [1.29, 1.82) is 0 Å². The Morgan fingerprint density at radius 3 is 2.56 bits per heavy atom. The number of hydrogen-bond acceptors (Lipinski definition) is 3. The van der Waals surface area contributed by atoms with Crippen molar-refractivity contribution in [3.05, 3.63) is 0 Å². The normalized spacial score (nSPS) is 12.6. The molecule has 0 aliphatic rings. The lowest BCUT2D eigenvalue weighted by Crippen LogP contribution is -2.26. The molecule has 0 aromatic heterocycles. The van der Waals surface area contributed by atoms with Crippen LogP contribution < -0.4 is 5.32 Å². The average Bonchev–Trinajstić information content (AvgIpc) is 1.91. The maximum Gasteiger partial charge on any atom is 0.136 e. The second-order valence-corrected chi connectivity index (χ2v) is 1.78. The van der Waals surface area contributed by atoms with Crippen LogP contribution >= 0.6 is 0 Å². The van der Waals surface area contributed by atoms with Crippen molar-refractivity contribution < 1.29 is 9.59 Å². The summed E-state index contributed by atoms with van der Waals surface area (Å²) < 4.78 is 0. The Hall–Kier alpha value is -0.700. The predicted molar refractivity (Wildman–Crippen MR) is 34.2 cm³/mol. The van der Waals surface area contributed by atoms with Gasteiger partial charge in [0, 0.05) is 6.42 Å². The fourth-order valence-electron chi connectivity index (χ4n) is 0.528. The van der Waals surface area contributed by atoms with Crippen molar-refractivity contribution >= 4 is 12.6 Å². The molecule has 0 spiro atoms. The van der Waals surface area contributed by atoms with E-state index < -0.39 is 0 Å². The molecule has 0 aromatic rings. The minimum absolute atomic E-state index is 0.157.